The predicted molar refractivity (Wildman–Crippen MR) is 108 cm³/mol. The van der Waals surface area contributed by atoms with Crippen molar-refractivity contribution in [3.05, 3.63) is 70.8 Å². The Balaban J connectivity index is 1.71. The second-order valence-electron chi connectivity index (χ2n) is 7.48. The number of hydrogen-bond donors (Lipinski definition) is 2. The molecule has 0 radical (unpaired) electrons. The Kier molecular flexibility index (Phi) is 7.15. The lowest BCUT2D eigenvalue weighted by Gasteiger charge is -2.38. The topological polar surface area (TPSA) is 45.7 Å². The van der Waals surface area contributed by atoms with Gasteiger partial charge in [0.25, 0.3) is 0 Å². The highest BCUT2D eigenvalue weighted by molar-refractivity contribution is 5.79. The zero-order valence-electron chi connectivity index (χ0n) is 17.0. The second-order valence-corrected chi connectivity index (χ2v) is 7.48. The lowest BCUT2D eigenvalue weighted by molar-refractivity contribution is -0.138. The van der Waals surface area contributed by atoms with Crippen LogP contribution in [0, 0.1) is 11.6 Å². The number of aliphatic imine (C=N–C) groups is 1. The lowest BCUT2D eigenvalue weighted by atomic mass is 9.74. The molecule has 0 amide bonds. The minimum atomic E-state index is -4.67. The first-order valence-corrected chi connectivity index (χ1v) is 9.87. The molecule has 3 rings (SSSR count). The van der Waals surface area contributed by atoms with Gasteiger partial charge in [0, 0.05) is 38.8 Å². The maximum atomic E-state index is 13.8. The van der Waals surface area contributed by atoms with Crippen LogP contribution >= 0.6 is 0 Å². The van der Waals surface area contributed by atoms with E-state index in [2.05, 4.69) is 15.6 Å². The van der Waals surface area contributed by atoms with Crippen LogP contribution in [0.4, 0.5) is 22.0 Å². The monoisotopic (exact) mass is 441 g/mol. The van der Waals surface area contributed by atoms with Crippen molar-refractivity contribution >= 4 is 5.96 Å². The summed E-state index contributed by atoms with van der Waals surface area (Å²) in [6.45, 7) is 1.25. The molecule has 0 unspecified atom stereocenters. The van der Waals surface area contributed by atoms with E-state index in [1.165, 1.54) is 19.2 Å². The molecule has 2 aromatic rings. The largest absolute Gasteiger partial charge is 0.416 e. The molecule has 1 fully saturated rings. The third-order valence-corrected chi connectivity index (χ3v) is 5.53. The average Bonchev–Trinajstić information content (AvgIpc) is 2.74. The van der Waals surface area contributed by atoms with E-state index in [-0.39, 0.29) is 17.9 Å². The Labute approximate surface area is 177 Å². The smallest absolute Gasteiger partial charge is 0.381 e. The van der Waals surface area contributed by atoms with Crippen molar-refractivity contribution in [3.8, 4) is 0 Å². The zero-order valence-corrected chi connectivity index (χ0v) is 17.0. The van der Waals surface area contributed by atoms with Gasteiger partial charge in [-0.1, -0.05) is 18.2 Å². The van der Waals surface area contributed by atoms with Crippen LogP contribution in [-0.4, -0.2) is 32.8 Å². The average molecular weight is 441 g/mol. The van der Waals surface area contributed by atoms with Crippen LogP contribution in [0.25, 0.3) is 0 Å². The molecule has 1 saturated heterocycles. The molecule has 1 heterocycles. The first-order valence-electron chi connectivity index (χ1n) is 9.87. The summed E-state index contributed by atoms with van der Waals surface area (Å²) in [5.41, 5.74) is -0.694. The van der Waals surface area contributed by atoms with Crippen LogP contribution in [0.2, 0.25) is 0 Å². The minimum Gasteiger partial charge on any atom is -0.381 e. The number of hydrogen-bond acceptors (Lipinski definition) is 2. The number of rotatable bonds is 5. The van der Waals surface area contributed by atoms with E-state index in [0.29, 0.717) is 44.6 Å². The van der Waals surface area contributed by atoms with Crippen molar-refractivity contribution < 1.29 is 26.7 Å². The molecule has 4 nitrogen and oxygen atoms in total. The van der Waals surface area contributed by atoms with Crippen LogP contribution < -0.4 is 10.6 Å². The molecule has 0 aliphatic carbocycles. The van der Waals surface area contributed by atoms with Crippen molar-refractivity contribution in [2.45, 2.75) is 31.0 Å². The third-order valence-electron chi connectivity index (χ3n) is 5.53. The van der Waals surface area contributed by atoms with Crippen LogP contribution in [0.5, 0.6) is 0 Å². The second kappa shape index (κ2) is 9.64. The fourth-order valence-electron chi connectivity index (χ4n) is 3.77. The van der Waals surface area contributed by atoms with E-state index in [4.69, 9.17) is 4.74 Å². The van der Waals surface area contributed by atoms with Gasteiger partial charge < -0.3 is 15.4 Å². The summed E-state index contributed by atoms with van der Waals surface area (Å²) in [7, 11) is 1.50. The number of benzene rings is 2. The highest BCUT2D eigenvalue weighted by Crippen LogP contribution is 2.35. The van der Waals surface area contributed by atoms with Gasteiger partial charge in [-0.15, -0.1) is 0 Å². The van der Waals surface area contributed by atoms with Gasteiger partial charge in [-0.2, -0.15) is 13.2 Å². The summed E-state index contributed by atoms with van der Waals surface area (Å²) >= 11 is 0. The Morgan fingerprint density at radius 2 is 1.74 bits per heavy atom. The molecule has 31 heavy (non-hydrogen) atoms. The van der Waals surface area contributed by atoms with Crippen LogP contribution in [0.15, 0.2) is 47.5 Å². The van der Waals surface area contributed by atoms with Crippen molar-refractivity contribution in [2.75, 3.05) is 26.8 Å². The summed E-state index contributed by atoms with van der Waals surface area (Å²) in [6, 6.07) is 8.97. The Morgan fingerprint density at radius 3 is 2.39 bits per heavy atom. The molecular formula is C22H24F5N3O. The van der Waals surface area contributed by atoms with Gasteiger partial charge in [-0.25, -0.2) is 8.78 Å². The van der Waals surface area contributed by atoms with Crippen molar-refractivity contribution in [2.24, 2.45) is 4.99 Å². The van der Waals surface area contributed by atoms with Crippen molar-refractivity contribution in [1.82, 2.24) is 10.6 Å². The van der Waals surface area contributed by atoms with E-state index in [1.807, 2.05) is 6.07 Å². The fraction of sp³-hybridized carbons (Fsp3) is 0.409. The maximum Gasteiger partial charge on any atom is 0.416 e. The fourth-order valence-corrected chi connectivity index (χ4v) is 3.77. The molecule has 9 heteroatoms. The quantitative estimate of drug-likeness (QED) is 0.411. The highest BCUT2D eigenvalue weighted by atomic mass is 19.4. The van der Waals surface area contributed by atoms with Crippen molar-refractivity contribution in [3.63, 3.8) is 0 Å². The number of halogens is 5. The highest BCUT2D eigenvalue weighted by Gasteiger charge is 2.35. The zero-order chi connectivity index (χ0) is 22.5. The van der Waals surface area contributed by atoms with Gasteiger partial charge in [0.1, 0.15) is 11.6 Å². The summed E-state index contributed by atoms with van der Waals surface area (Å²) in [4.78, 5) is 4.07. The van der Waals surface area contributed by atoms with Gasteiger partial charge in [-0.3, -0.25) is 4.99 Å². The number of nitrogens with one attached hydrogen (secondary N) is 2. The molecule has 1 aliphatic rings. The van der Waals surface area contributed by atoms with Crippen molar-refractivity contribution in [1.29, 1.82) is 0 Å². The number of alkyl halides is 3. The predicted octanol–water partition coefficient (Wildman–Crippen LogP) is 4.40. The van der Waals surface area contributed by atoms with E-state index in [1.54, 1.807) is 6.07 Å². The summed E-state index contributed by atoms with van der Waals surface area (Å²) < 4.78 is 72.2. The molecule has 1 aliphatic heterocycles. The Hall–Kier alpha value is -2.68. The van der Waals surface area contributed by atoms with E-state index >= 15 is 0 Å². The summed E-state index contributed by atoms with van der Waals surface area (Å²) in [6.07, 6.45) is -3.34. The van der Waals surface area contributed by atoms with E-state index < -0.39 is 23.0 Å². The van der Waals surface area contributed by atoms with Crippen LogP contribution in [0.3, 0.4) is 0 Å². The third kappa shape index (κ3) is 5.72. The first kappa shape index (κ1) is 23.0. The molecule has 0 spiro atoms. The van der Waals surface area contributed by atoms with Crippen LogP contribution in [0.1, 0.15) is 29.5 Å². The Morgan fingerprint density at radius 1 is 1.03 bits per heavy atom. The summed E-state index contributed by atoms with van der Waals surface area (Å²) in [5.74, 6) is -0.989. The number of ether oxygens (including phenoxy) is 1. The standard InChI is InChI=1S/C22H24F5N3O/c1-28-20(29-13-15-5-6-18(24)12-19(15)22(25,26)27)30-14-21(7-9-31-10-8-21)16-3-2-4-17(23)11-16/h2-6,11-12H,7-10,13-14H2,1H3,(H2,28,29,30). The van der Waals surface area contributed by atoms with Gasteiger partial charge in [-0.05, 0) is 48.2 Å². The van der Waals surface area contributed by atoms with E-state index in [0.717, 1.165) is 17.7 Å². The van der Waals surface area contributed by atoms with Gasteiger partial charge in [0.2, 0.25) is 0 Å². The lowest BCUT2D eigenvalue weighted by Crippen LogP contribution is -2.48. The molecule has 168 valence electrons. The Bertz CT molecular complexity index is 924. The van der Waals surface area contributed by atoms with E-state index in [9.17, 15) is 22.0 Å². The first-order chi connectivity index (χ1) is 14.7. The van der Waals surface area contributed by atoms with Gasteiger partial charge >= 0.3 is 6.18 Å². The van der Waals surface area contributed by atoms with Crippen LogP contribution in [-0.2, 0) is 22.9 Å². The number of guanidine groups is 1. The molecule has 2 N–H and O–H groups in total. The normalized spacial score (nSPS) is 16.8. The van der Waals surface area contributed by atoms with Gasteiger partial charge in [0.05, 0.1) is 5.56 Å². The molecule has 0 saturated carbocycles. The molecule has 0 aromatic heterocycles. The number of nitrogens with zero attached hydrogens (tertiary/aromatic N) is 1. The molecular weight excluding hydrogens is 417 g/mol. The summed E-state index contributed by atoms with van der Waals surface area (Å²) in [5, 5.41) is 5.99. The maximum absolute atomic E-state index is 13.8. The van der Waals surface area contributed by atoms with Gasteiger partial charge in [0.15, 0.2) is 5.96 Å². The minimum absolute atomic E-state index is 0.0947. The molecule has 0 atom stereocenters. The molecule has 2 aromatic carbocycles. The molecule has 0 bridgehead atoms. The SMILES string of the molecule is CN=C(NCc1ccc(F)cc1C(F)(F)F)NCC1(c2cccc(F)c2)CCOCC1.